The van der Waals surface area contributed by atoms with Gasteiger partial charge in [-0.05, 0) is 36.1 Å². The van der Waals surface area contributed by atoms with Gasteiger partial charge in [-0.3, -0.25) is 4.79 Å². The number of benzene rings is 2. The molecule has 1 spiro atoms. The molecule has 1 aromatic heterocycles. The normalized spacial score (nSPS) is 18.6. The maximum atomic E-state index is 12.3. The van der Waals surface area contributed by atoms with Crippen LogP contribution in [0.25, 0.3) is 11.0 Å². The molecule has 2 aromatic carbocycles. The summed E-state index contributed by atoms with van der Waals surface area (Å²) in [5, 5.41) is 4.28. The number of piperidine rings is 1. The number of amides is 1. The van der Waals surface area contributed by atoms with Crippen LogP contribution in [0.3, 0.4) is 0 Å². The summed E-state index contributed by atoms with van der Waals surface area (Å²) in [6.07, 6.45) is 2.15. The third-order valence-corrected chi connectivity index (χ3v) is 6.41. The quantitative estimate of drug-likeness (QED) is 0.647. The average molecular weight is 401 g/mol. The SMILES string of the molecule is O=C1Cc2ccccc2C2(CCN(c3nc4cc(Cl)c(Cl)cc4[nH]3)CC2)N1. The van der Waals surface area contributed by atoms with Crippen LogP contribution in [0.2, 0.25) is 10.0 Å². The standard InChI is InChI=1S/C20H18Cl2N4O/c21-14-10-16-17(11-15(14)22)24-19(23-16)26-7-5-20(6-8-26)13-4-2-1-3-12(13)9-18(27)25-20/h1-4,10-11H,5-9H2,(H,23,24)(H,25,27). The van der Waals surface area contributed by atoms with E-state index in [0.29, 0.717) is 16.5 Å². The third-order valence-electron chi connectivity index (χ3n) is 5.69. The first kappa shape index (κ1) is 16.9. The summed E-state index contributed by atoms with van der Waals surface area (Å²) in [5.74, 6) is 0.920. The summed E-state index contributed by atoms with van der Waals surface area (Å²) in [4.78, 5) is 22.5. The van der Waals surface area contributed by atoms with E-state index >= 15 is 0 Å². The van der Waals surface area contributed by atoms with Gasteiger partial charge in [0.15, 0.2) is 0 Å². The van der Waals surface area contributed by atoms with E-state index in [2.05, 4.69) is 38.4 Å². The van der Waals surface area contributed by atoms with Gasteiger partial charge in [0.1, 0.15) is 0 Å². The number of carbonyl (C=O) groups excluding carboxylic acids is 1. The van der Waals surface area contributed by atoms with Crippen LogP contribution in [-0.2, 0) is 16.8 Å². The van der Waals surface area contributed by atoms with Crippen LogP contribution in [-0.4, -0.2) is 29.0 Å². The largest absolute Gasteiger partial charge is 0.346 e. The lowest BCUT2D eigenvalue weighted by Gasteiger charge is -2.45. The number of fused-ring (bicyclic) bond motifs is 3. The fourth-order valence-electron chi connectivity index (χ4n) is 4.33. The Kier molecular flexibility index (Phi) is 3.85. The Morgan fingerprint density at radius 3 is 2.63 bits per heavy atom. The van der Waals surface area contributed by atoms with Crippen molar-refractivity contribution in [2.24, 2.45) is 0 Å². The Bertz CT molecular complexity index is 1010. The van der Waals surface area contributed by atoms with Gasteiger partial charge in [-0.2, -0.15) is 0 Å². The molecule has 27 heavy (non-hydrogen) atoms. The number of H-pyrrole nitrogens is 1. The van der Waals surface area contributed by atoms with Crippen molar-refractivity contribution in [1.82, 2.24) is 15.3 Å². The molecule has 0 saturated carbocycles. The van der Waals surface area contributed by atoms with Crippen molar-refractivity contribution in [1.29, 1.82) is 0 Å². The van der Waals surface area contributed by atoms with Gasteiger partial charge in [-0.25, -0.2) is 4.98 Å². The molecule has 3 heterocycles. The van der Waals surface area contributed by atoms with Crippen molar-refractivity contribution in [3.8, 4) is 0 Å². The number of nitrogens with one attached hydrogen (secondary N) is 2. The van der Waals surface area contributed by atoms with Crippen molar-refractivity contribution >= 4 is 46.1 Å². The molecule has 138 valence electrons. The van der Waals surface area contributed by atoms with Crippen molar-refractivity contribution in [2.45, 2.75) is 24.8 Å². The molecule has 0 atom stereocenters. The molecule has 2 aliphatic heterocycles. The molecule has 7 heteroatoms. The Hall–Kier alpha value is -2.24. The van der Waals surface area contributed by atoms with E-state index in [0.717, 1.165) is 48.5 Å². The van der Waals surface area contributed by atoms with Gasteiger partial charge in [0.2, 0.25) is 11.9 Å². The highest BCUT2D eigenvalue weighted by Crippen LogP contribution is 2.39. The highest BCUT2D eigenvalue weighted by molar-refractivity contribution is 6.42. The summed E-state index contributed by atoms with van der Waals surface area (Å²) in [7, 11) is 0. The lowest BCUT2D eigenvalue weighted by atomic mass is 9.76. The molecule has 1 amide bonds. The smallest absolute Gasteiger partial charge is 0.225 e. The lowest BCUT2D eigenvalue weighted by Crippen LogP contribution is -2.56. The first-order valence-electron chi connectivity index (χ1n) is 9.03. The predicted octanol–water partition coefficient (Wildman–Crippen LogP) is 4.04. The summed E-state index contributed by atoms with van der Waals surface area (Å²) >= 11 is 12.2. The molecule has 0 bridgehead atoms. The van der Waals surface area contributed by atoms with Gasteiger partial charge in [-0.1, -0.05) is 47.5 Å². The maximum Gasteiger partial charge on any atom is 0.225 e. The van der Waals surface area contributed by atoms with E-state index < -0.39 is 0 Å². The summed E-state index contributed by atoms with van der Waals surface area (Å²) in [6.45, 7) is 1.60. The fourth-order valence-corrected chi connectivity index (χ4v) is 4.65. The van der Waals surface area contributed by atoms with Crippen molar-refractivity contribution in [2.75, 3.05) is 18.0 Å². The van der Waals surface area contributed by atoms with Gasteiger partial charge in [0, 0.05) is 13.1 Å². The second-order valence-electron chi connectivity index (χ2n) is 7.30. The molecule has 3 aromatic rings. The topological polar surface area (TPSA) is 61.0 Å². The zero-order valence-electron chi connectivity index (χ0n) is 14.6. The van der Waals surface area contributed by atoms with E-state index in [4.69, 9.17) is 23.2 Å². The van der Waals surface area contributed by atoms with E-state index in [9.17, 15) is 4.79 Å². The second kappa shape index (κ2) is 6.14. The highest BCUT2D eigenvalue weighted by atomic mass is 35.5. The first-order chi connectivity index (χ1) is 13.0. The number of aromatic nitrogens is 2. The van der Waals surface area contributed by atoms with Crippen molar-refractivity contribution < 1.29 is 4.79 Å². The minimum Gasteiger partial charge on any atom is -0.346 e. The van der Waals surface area contributed by atoms with E-state index in [1.54, 1.807) is 12.1 Å². The Labute approximate surface area is 166 Å². The Balaban J connectivity index is 1.43. The number of halogens is 2. The molecule has 0 radical (unpaired) electrons. The molecule has 5 rings (SSSR count). The zero-order chi connectivity index (χ0) is 18.6. The lowest BCUT2D eigenvalue weighted by molar-refractivity contribution is -0.123. The Morgan fingerprint density at radius 2 is 1.81 bits per heavy atom. The third kappa shape index (κ3) is 2.77. The van der Waals surface area contributed by atoms with Crippen LogP contribution in [0.4, 0.5) is 5.95 Å². The van der Waals surface area contributed by atoms with Gasteiger partial charge in [-0.15, -0.1) is 0 Å². The number of nitrogens with zero attached hydrogens (tertiary/aromatic N) is 2. The molecule has 5 nitrogen and oxygen atoms in total. The molecular weight excluding hydrogens is 383 g/mol. The number of hydrogen-bond donors (Lipinski definition) is 2. The monoisotopic (exact) mass is 400 g/mol. The zero-order valence-corrected chi connectivity index (χ0v) is 16.1. The summed E-state index contributed by atoms with van der Waals surface area (Å²) in [6, 6.07) is 11.9. The summed E-state index contributed by atoms with van der Waals surface area (Å²) in [5.41, 5.74) is 3.79. The molecule has 2 aliphatic rings. The number of carbonyl (C=O) groups is 1. The minimum absolute atomic E-state index is 0.107. The van der Waals surface area contributed by atoms with Crippen LogP contribution < -0.4 is 10.2 Å². The van der Waals surface area contributed by atoms with Gasteiger partial charge in [0.05, 0.1) is 33.0 Å². The molecule has 0 unspecified atom stereocenters. The van der Waals surface area contributed by atoms with Crippen LogP contribution in [0.5, 0.6) is 0 Å². The van der Waals surface area contributed by atoms with E-state index in [-0.39, 0.29) is 11.4 Å². The summed E-state index contributed by atoms with van der Waals surface area (Å²) < 4.78 is 0. The van der Waals surface area contributed by atoms with Crippen LogP contribution in [0.1, 0.15) is 24.0 Å². The van der Waals surface area contributed by atoms with Crippen LogP contribution >= 0.6 is 23.2 Å². The van der Waals surface area contributed by atoms with Gasteiger partial charge >= 0.3 is 0 Å². The first-order valence-corrected chi connectivity index (χ1v) is 9.79. The highest BCUT2D eigenvalue weighted by Gasteiger charge is 2.42. The molecule has 1 fully saturated rings. The Morgan fingerprint density at radius 1 is 1.07 bits per heavy atom. The van der Waals surface area contributed by atoms with E-state index in [1.807, 2.05) is 6.07 Å². The maximum absolute atomic E-state index is 12.3. The average Bonchev–Trinajstić information content (AvgIpc) is 3.05. The van der Waals surface area contributed by atoms with Gasteiger partial charge < -0.3 is 15.2 Å². The van der Waals surface area contributed by atoms with Crippen molar-refractivity contribution in [3.05, 3.63) is 57.6 Å². The van der Waals surface area contributed by atoms with Crippen LogP contribution in [0.15, 0.2) is 36.4 Å². The number of imidazole rings is 1. The molecule has 0 aliphatic carbocycles. The predicted molar refractivity (Wildman–Crippen MR) is 108 cm³/mol. The molecular formula is C20H18Cl2N4O. The fraction of sp³-hybridized carbons (Fsp3) is 0.300. The number of anilines is 1. The second-order valence-corrected chi connectivity index (χ2v) is 8.11. The van der Waals surface area contributed by atoms with Gasteiger partial charge in [0.25, 0.3) is 0 Å². The number of rotatable bonds is 1. The van der Waals surface area contributed by atoms with Crippen LogP contribution in [0, 0.1) is 0 Å². The number of aromatic amines is 1. The minimum atomic E-state index is -0.277. The van der Waals surface area contributed by atoms with E-state index in [1.165, 1.54) is 5.56 Å². The van der Waals surface area contributed by atoms with Crippen molar-refractivity contribution in [3.63, 3.8) is 0 Å². The number of hydrogen-bond acceptors (Lipinski definition) is 3. The molecule has 2 N–H and O–H groups in total. The molecule has 1 saturated heterocycles.